The summed E-state index contributed by atoms with van der Waals surface area (Å²) in [7, 11) is 0. The number of nitrogens with one attached hydrogen (secondary N) is 1. The fourth-order valence-electron chi connectivity index (χ4n) is 2.17. The maximum absolute atomic E-state index is 5.77. The first-order valence-corrected chi connectivity index (χ1v) is 5.76. The lowest BCUT2D eigenvalue weighted by Crippen LogP contribution is -2.50. The molecular weight excluding hydrogens is 170 g/mol. The van der Waals surface area contributed by atoms with Gasteiger partial charge in [-0.15, -0.1) is 11.8 Å². The first-order chi connectivity index (χ1) is 5.73. The molecule has 0 aromatic heterocycles. The average Bonchev–Trinajstić information content (AvgIpc) is 2.29. The molecule has 2 heterocycles. The van der Waals surface area contributed by atoms with Crippen LogP contribution in [0.5, 0.6) is 0 Å². The Morgan fingerprint density at radius 1 is 1.50 bits per heavy atom. The zero-order valence-corrected chi connectivity index (χ0v) is 8.62. The van der Waals surface area contributed by atoms with Crippen molar-refractivity contribution >= 4 is 11.8 Å². The Morgan fingerprint density at radius 3 is 2.83 bits per heavy atom. The van der Waals surface area contributed by atoms with E-state index in [0.717, 1.165) is 6.54 Å². The molecule has 1 spiro atoms. The highest BCUT2D eigenvalue weighted by Gasteiger charge is 2.45. The van der Waals surface area contributed by atoms with E-state index in [2.05, 4.69) is 19.2 Å². The van der Waals surface area contributed by atoms with Crippen LogP contribution in [0.1, 0.15) is 26.7 Å². The predicted octanol–water partition coefficient (Wildman–Crippen LogP) is 1.61. The monoisotopic (exact) mass is 187 g/mol. The third-order valence-corrected chi connectivity index (χ3v) is 4.44. The summed E-state index contributed by atoms with van der Waals surface area (Å²) in [6.07, 6.45) is 3.27. The minimum Gasteiger partial charge on any atom is -0.373 e. The molecule has 2 nitrogen and oxygen atoms in total. The standard InChI is InChI=1S/C9H17NOS/c1-7-6-9(8(2)11-7)10-4-3-5-12-9/h7-8,10H,3-6H2,1-2H3. The van der Waals surface area contributed by atoms with Gasteiger partial charge in [-0.1, -0.05) is 0 Å². The highest BCUT2D eigenvalue weighted by atomic mass is 32.2. The van der Waals surface area contributed by atoms with Crippen molar-refractivity contribution < 1.29 is 4.74 Å². The van der Waals surface area contributed by atoms with Gasteiger partial charge in [0.25, 0.3) is 0 Å². The highest BCUT2D eigenvalue weighted by molar-refractivity contribution is 8.00. The third-order valence-electron chi connectivity index (χ3n) is 2.79. The molecule has 12 heavy (non-hydrogen) atoms. The van der Waals surface area contributed by atoms with Crippen LogP contribution in [0, 0.1) is 0 Å². The van der Waals surface area contributed by atoms with Crippen LogP contribution >= 0.6 is 11.8 Å². The lowest BCUT2D eigenvalue weighted by Gasteiger charge is -2.36. The third kappa shape index (κ3) is 1.38. The van der Waals surface area contributed by atoms with Gasteiger partial charge in [0.05, 0.1) is 17.1 Å². The van der Waals surface area contributed by atoms with Crippen molar-refractivity contribution in [3.63, 3.8) is 0 Å². The van der Waals surface area contributed by atoms with E-state index in [0.29, 0.717) is 12.2 Å². The van der Waals surface area contributed by atoms with E-state index in [1.165, 1.54) is 18.6 Å². The second kappa shape index (κ2) is 3.20. The van der Waals surface area contributed by atoms with Crippen molar-refractivity contribution in [2.45, 2.75) is 43.8 Å². The Kier molecular flexibility index (Phi) is 2.36. The summed E-state index contributed by atoms with van der Waals surface area (Å²) < 4.78 is 5.77. The van der Waals surface area contributed by atoms with Gasteiger partial charge in [-0.25, -0.2) is 0 Å². The molecule has 0 radical (unpaired) electrons. The Morgan fingerprint density at radius 2 is 2.33 bits per heavy atom. The predicted molar refractivity (Wildman–Crippen MR) is 52.4 cm³/mol. The molecule has 2 rings (SSSR count). The van der Waals surface area contributed by atoms with Gasteiger partial charge in [0.1, 0.15) is 0 Å². The Bertz CT molecular complexity index is 168. The molecule has 3 atom stereocenters. The van der Waals surface area contributed by atoms with Crippen LogP contribution in [-0.2, 0) is 4.74 Å². The van der Waals surface area contributed by atoms with Crippen molar-refractivity contribution in [3.05, 3.63) is 0 Å². The van der Waals surface area contributed by atoms with Gasteiger partial charge in [-0.05, 0) is 32.6 Å². The molecule has 1 N–H and O–H groups in total. The largest absolute Gasteiger partial charge is 0.373 e. The first-order valence-electron chi connectivity index (χ1n) is 4.77. The summed E-state index contributed by atoms with van der Waals surface area (Å²) >= 11 is 2.05. The Hall–Kier alpha value is 0.270. The van der Waals surface area contributed by atoms with Crippen molar-refractivity contribution in [1.82, 2.24) is 5.32 Å². The van der Waals surface area contributed by atoms with E-state index >= 15 is 0 Å². The molecule has 0 amide bonds. The molecule has 0 bridgehead atoms. The topological polar surface area (TPSA) is 21.3 Å². The normalized spacial score (nSPS) is 48.5. The maximum atomic E-state index is 5.77. The van der Waals surface area contributed by atoms with Crippen LogP contribution < -0.4 is 5.32 Å². The van der Waals surface area contributed by atoms with E-state index < -0.39 is 0 Å². The van der Waals surface area contributed by atoms with Crippen molar-refractivity contribution in [1.29, 1.82) is 0 Å². The van der Waals surface area contributed by atoms with Crippen LogP contribution in [0.2, 0.25) is 0 Å². The summed E-state index contributed by atoms with van der Waals surface area (Å²) in [5.41, 5.74) is 0. The molecule has 3 heteroatoms. The summed E-state index contributed by atoms with van der Waals surface area (Å²) in [4.78, 5) is 0.248. The van der Waals surface area contributed by atoms with E-state index in [1.807, 2.05) is 11.8 Å². The molecule has 2 saturated heterocycles. The van der Waals surface area contributed by atoms with Gasteiger partial charge in [-0.2, -0.15) is 0 Å². The fraction of sp³-hybridized carbons (Fsp3) is 1.00. The molecule has 3 unspecified atom stereocenters. The molecular formula is C9H17NOS. The van der Waals surface area contributed by atoms with E-state index in [1.54, 1.807) is 0 Å². The average molecular weight is 187 g/mol. The smallest absolute Gasteiger partial charge is 0.0932 e. The fourth-order valence-corrected chi connectivity index (χ4v) is 3.67. The van der Waals surface area contributed by atoms with Gasteiger partial charge in [0.2, 0.25) is 0 Å². The maximum Gasteiger partial charge on any atom is 0.0932 e. The minimum atomic E-state index is 0.248. The zero-order chi connectivity index (χ0) is 8.60. The molecule has 0 saturated carbocycles. The van der Waals surface area contributed by atoms with Crippen LogP contribution in [0.25, 0.3) is 0 Å². The van der Waals surface area contributed by atoms with Gasteiger partial charge >= 0.3 is 0 Å². The number of rotatable bonds is 0. The van der Waals surface area contributed by atoms with Crippen molar-refractivity contribution in [2.75, 3.05) is 12.3 Å². The molecule has 2 fully saturated rings. The Balaban J connectivity index is 2.08. The first kappa shape index (κ1) is 8.85. The van der Waals surface area contributed by atoms with Gasteiger partial charge in [-0.3, -0.25) is 0 Å². The van der Waals surface area contributed by atoms with E-state index in [9.17, 15) is 0 Å². The number of thioether (sulfide) groups is 1. The number of ether oxygens (including phenoxy) is 1. The quantitative estimate of drug-likeness (QED) is 0.622. The summed E-state index contributed by atoms with van der Waals surface area (Å²) in [5, 5.41) is 3.61. The molecule has 0 aromatic carbocycles. The van der Waals surface area contributed by atoms with Crippen LogP contribution in [0.4, 0.5) is 0 Å². The van der Waals surface area contributed by atoms with Gasteiger partial charge in [0, 0.05) is 6.42 Å². The lowest BCUT2D eigenvalue weighted by molar-refractivity contribution is 0.0566. The highest BCUT2D eigenvalue weighted by Crippen LogP contribution is 2.41. The summed E-state index contributed by atoms with van der Waals surface area (Å²) in [6, 6.07) is 0. The molecule has 70 valence electrons. The molecule has 0 aliphatic carbocycles. The Labute approximate surface area is 78.4 Å². The zero-order valence-electron chi connectivity index (χ0n) is 7.80. The molecule has 2 aliphatic heterocycles. The van der Waals surface area contributed by atoms with Gasteiger partial charge < -0.3 is 10.1 Å². The van der Waals surface area contributed by atoms with Crippen LogP contribution in [-0.4, -0.2) is 29.4 Å². The van der Waals surface area contributed by atoms with Crippen LogP contribution in [0.3, 0.4) is 0 Å². The second-order valence-electron chi connectivity index (χ2n) is 3.81. The number of hydrogen-bond acceptors (Lipinski definition) is 3. The number of hydrogen-bond donors (Lipinski definition) is 1. The second-order valence-corrected chi connectivity index (χ2v) is 5.24. The van der Waals surface area contributed by atoms with E-state index in [-0.39, 0.29) is 4.87 Å². The SMILES string of the molecule is CC1CC2(NCCCS2)C(C)O1. The molecule has 2 aliphatic rings. The lowest BCUT2D eigenvalue weighted by atomic mass is 10.1. The summed E-state index contributed by atoms with van der Waals surface area (Å²) in [6.45, 7) is 5.52. The van der Waals surface area contributed by atoms with Crippen molar-refractivity contribution in [2.24, 2.45) is 0 Å². The molecule has 0 aromatic rings. The van der Waals surface area contributed by atoms with E-state index in [4.69, 9.17) is 4.74 Å². The minimum absolute atomic E-state index is 0.248. The van der Waals surface area contributed by atoms with Crippen molar-refractivity contribution in [3.8, 4) is 0 Å². The van der Waals surface area contributed by atoms with Crippen LogP contribution in [0.15, 0.2) is 0 Å². The van der Waals surface area contributed by atoms with Gasteiger partial charge in [0.15, 0.2) is 0 Å². The summed E-state index contributed by atoms with van der Waals surface area (Å²) in [5.74, 6) is 1.29.